The predicted octanol–water partition coefficient (Wildman–Crippen LogP) is 2.17. The summed E-state index contributed by atoms with van der Waals surface area (Å²) in [5, 5.41) is 6.49. The lowest BCUT2D eigenvalue weighted by atomic mass is 9.78. The van der Waals surface area contributed by atoms with E-state index in [-0.39, 0.29) is 11.3 Å². The Balaban J connectivity index is 1.56. The molecule has 0 aliphatic heterocycles. The van der Waals surface area contributed by atoms with Gasteiger partial charge in [-0.05, 0) is 63.2 Å². The molecule has 3 aliphatic carbocycles. The number of hydrogen-bond acceptors (Lipinski definition) is 2. The summed E-state index contributed by atoms with van der Waals surface area (Å²) >= 11 is 0. The van der Waals surface area contributed by atoms with Gasteiger partial charge in [0.05, 0.1) is 5.41 Å². The second-order valence-corrected chi connectivity index (χ2v) is 7.60. The second kappa shape index (κ2) is 4.76. The van der Waals surface area contributed by atoms with E-state index in [1.807, 2.05) is 13.8 Å². The molecule has 0 aromatic rings. The molecule has 3 aliphatic rings. The van der Waals surface area contributed by atoms with Crippen LogP contribution in [0.2, 0.25) is 0 Å². The SMILES string of the molecule is CNC(=O)C(C)(C)CNC1CC2CC1C1CCCC21. The molecule has 0 spiro atoms. The van der Waals surface area contributed by atoms with Crippen molar-refractivity contribution in [1.82, 2.24) is 10.6 Å². The molecule has 3 fully saturated rings. The van der Waals surface area contributed by atoms with E-state index in [4.69, 9.17) is 0 Å². The van der Waals surface area contributed by atoms with Crippen LogP contribution in [0, 0.1) is 29.1 Å². The average Bonchev–Trinajstić information content (AvgIpc) is 3.06. The molecule has 0 aromatic heterocycles. The zero-order chi connectivity index (χ0) is 13.6. The summed E-state index contributed by atoms with van der Waals surface area (Å²) < 4.78 is 0. The summed E-state index contributed by atoms with van der Waals surface area (Å²) in [4.78, 5) is 11.8. The largest absolute Gasteiger partial charge is 0.359 e. The van der Waals surface area contributed by atoms with Crippen molar-refractivity contribution in [3.63, 3.8) is 0 Å². The average molecular weight is 264 g/mol. The first kappa shape index (κ1) is 13.4. The van der Waals surface area contributed by atoms with Crippen molar-refractivity contribution in [2.75, 3.05) is 13.6 Å². The van der Waals surface area contributed by atoms with E-state index in [0.29, 0.717) is 6.04 Å². The Bertz CT molecular complexity index is 366. The van der Waals surface area contributed by atoms with E-state index in [2.05, 4.69) is 10.6 Å². The lowest BCUT2D eigenvalue weighted by Crippen LogP contribution is -2.47. The summed E-state index contributed by atoms with van der Waals surface area (Å²) in [6, 6.07) is 0.674. The third-order valence-corrected chi connectivity index (χ3v) is 6.08. The molecule has 0 heterocycles. The first-order valence-electron chi connectivity index (χ1n) is 7.98. The van der Waals surface area contributed by atoms with Gasteiger partial charge in [-0.3, -0.25) is 4.79 Å². The summed E-state index contributed by atoms with van der Waals surface area (Å²) in [7, 11) is 1.73. The molecule has 3 nitrogen and oxygen atoms in total. The maximum absolute atomic E-state index is 11.8. The third-order valence-electron chi connectivity index (χ3n) is 6.08. The van der Waals surface area contributed by atoms with Crippen LogP contribution in [-0.2, 0) is 4.79 Å². The molecule has 0 saturated heterocycles. The Morgan fingerprint density at radius 1 is 1.16 bits per heavy atom. The van der Waals surface area contributed by atoms with Crippen molar-refractivity contribution in [2.24, 2.45) is 29.1 Å². The molecule has 1 amide bonds. The van der Waals surface area contributed by atoms with Crippen LogP contribution in [-0.4, -0.2) is 25.5 Å². The molecule has 0 radical (unpaired) electrons. The fraction of sp³-hybridized carbons (Fsp3) is 0.938. The van der Waals surface area contributed by atoms with E-state index in [9.17, 15) is 4.79 Å². The van der Waals surface area contributed by atoms with Crippen LogP contribution < -0.4 is 10.6 Å². The molecular weight excluding hydrogens is 236 g/mol. The monoisotopic (exact) mass is 264 g/mol. The minimum atomic E-state index is -0.300. The van der Waals surface area contributed by atoms with Gasteiger partial charge >= 0.3 is 0 Å². The molecule has 3 saturated carbocycles. The first-order valence-corrected chi connectivity index (χ1v) is 7.98. The molecule has 19 heavy (non-hydrogen) atoms. The molecule has 2 bridgehead atoms. The van der Waals surface area contributed by atoms with Gasteiger partial charge in [0.2, 0.25) is 5.91 Å². The van der Waals surface area contributed by atoms with Crippen molar-refractivity contribution in [3.05, 3.63) is 0 Å². The number of nitrogens with one attached hydrogen (secondary N) is 2. The van der Waals surface area contributed by atoms with Gasteiger partial charge in [0, 0.05) is 19.6 Å². The predicted molar refractivity (Wildman–Crippen MR) is 76.7 cm³/mol. The highest BCUT2D eigenvalue weighted by Gasteiger charge is 2.53. The number of carbonyl (C=O) groups excluding carboxylic acids is 1. The topological polar surface area (TPSA) is 41.1 Å². The number of carbonyl (C=O) groups is 1. The van der Waals surface area contributed by atoms with Crippen LogP contribution >= 0.6 is 0 Å². The van der Waals surface area contributed by atoms with Gasteiger partial charge < -0.3 is 10.6 Å². The highest BCUT2D eigenvalue weighted by molar-refractivity contribution is 5.81. The zero-order valence-electron chi connectivity index (χ0n) is 12.5. The molecule has 5 atom stereocenters. The summed E-state index contributed by atoms with van der Waals surface area (Å²) in [5.74, 6) is 4.08. The first-order chi connectivity index (χ1) is 9.03. The molecule has 5 unspecified atom stereocenters. The van der Waals surface area contributed by atoms with Gasteiger partial charge in [0.15, 0.2) is 0 Å². The van der Waals surface area contributed by atoms with Crippen molar-refractivity contribution >= 4 is 5.91 Å². The molecule has 2 N–H and O–H groups in total. The van der Waals surface area contributed by atoms with E-state index in [0.717, 1.165) is 30.2 Å². The molecule has 3 heteroatoms. The number of hydrogen-bond donors (Lipinski definition) is 2. The fourth-order valence-corrected chi connectivity index (χ4v) is 5.11. The van der Waals surface area contributed by atoms with Crippen molar-refractivity contribution in [2.45, 2.75) is 52.0 Å². The Morgan fingerprint density at radius 2 is 1.89 bits per heavy atom. The van der Waals surface area contributed by atoms with Crippen LogP contribution in [0.4, 0.5) is 0 Å². The number of fused-ring (bicyclic) bond motifs is 5. The van der Waals surface area contributed by atoms with Crippen molar-refractivity contribution < 1.29 is 4.79 Å². The normalized spacial score (nSPS) is 40.5. The molecule has 0 aromatic carbocycles. The van der Waals surface area contributed by atoms with Gasteiger partial charge in [-0.25, -0.2) is 0 Å². The fourth-order valence-electron chi connectivity index (χ4n) is 5.11. The Kier molecular flexibility index (Phi) is 3.36. The molecular formula is C16H28N2O. The summed E-state index contributed by atoms with van der Waals surface area (Å²) in [6.07, 6.45) is 7.22. The van der Waals surface area contributed by atoms with Gasteiger partial charge in [-0.15, -0.1) is 0 Å². The van der Waals surface area contributed by atoms with Crippen LogP contribution in [0.5, 0.6) is 0 Å². The summed E-state index contributed by atoms with van der Waals surface area (Å²) in [5.41, 5.74) is -0.300. The lowest BCUT2D eigenvalue weighted by molar-refractivity contribution is -0.128. The zero-order valence-corrected chi connectivity index (χ0v) is 12.5. The number of rotatable bonds is 4. The van der Waals surface area contributed by atoms with Crippen molar-refractivity contribution in [3.8, 4) is 0 Å². The van der Waals surface area contributed by atoms with Crippen LogP contribution in [0.25, 0.3) is 0 Å². The Hall–Kier alpha value is -0.570. The van der Waals surface area contributed by atoms with Crippen LogP contribution in [0.1, 0.15) is 46.0 Å². The van der Waals surface area contributed by atoms with E-state index in [1.165, 1.54) is 32.1 Å². The highest BCUT2D eigenvalue weighted by Crippen LogP contribution is 2.58. The molecule has 108 valence electrons. The minimum absolute atomic E-state index is 0.141. The van der Waals surface area contributed by atoms with Crippen LogP contribution in [0.3, 0.4) is 0 Å². The van der Waals surface area contributed by atoms with Gasteiger partial charge in [-0.1, -0.05) is 6.42 Å². The van der Waals surface area contributed by atoms with Crippen LogP contribution in [0.15, 0.2) is 0 Å². The number of amides is 1. The standard InChI is InChI=1S/C16H28N2O/c1-16(2,15(19)17-3)9-18-14-8-10-7-13(14)12-6-4-5-11(10)12/h10-14,18H,4-9H2,1-3H3,(H,17,19). The Morgan fingerprint density at radius 3 is 2.63 bits per heavy atom. The summed E-state index contributed by atoms with van der Waals surface area (Å²) in [6.45, 7) is 4.87. The smallest absolute Gasteiger partial charge is 0.226 e. The van der Waals surface area contributed by atoms with Crippen molar-refractivity contribution in [1.29, 1.82) is 0 Å². The van der Waals surface area contributed by atoms with Gasteiger partial charge in [0.25, 0.3) is 0 Å². The lowest BCUT2D eigenvalue weighted by Gasteiger charge is -2.34. The van der Waals surface area contributed by atoms with E-state index in [1.54, 1.807) is 7.05 Å². The maximum Gasteiger partial charge on any atom is 0.226 e. The van der Waals surface area contributed by atoms with Gasteiger partial charge in [0.1, 0.15) is 0 Å². The minimum Gasteiger partial charge on any atom is -0.359 e. The third kappa shape index (κ3) is 2.20. The second-order valence-electron chi connectivity index (χ2n) is 7.60. The quantitative estimate of drug-likeness (QED) is 0.817. The van der Waals surface area contributed by atoms with E-state index < -0.39 is 0 Å². The Labute approximate surface area is 116 Å². The van der Waals surface area contributed by atoms with E-state index >= 15 is 0 Å². The van der Waals surface area contributed by atoms with Gasteiger partial charge in [-0.2, -0.15) is 0 Å². The maximum atomic E-state index is 11.8. The molecule has 3 rings (SSSR count). The highest BCUT2D eigenvalue weighted by atomic mass is 16.2.